The number of hydrogen-bond acceptors (Lipinski definition) is 2. The molecule has 0 aliphatic heterocycles. The molecule has 0 radical (unpaired) electrons. The van der Waals surface area contributed by atoms with Crippen LogP contribution in [0.2, 0.25) is 0 Å². The second-order valence-electron chi connectivity index (χ2n) is 8.85. The predicted octanol–water partition coefficient (Wildman–Crippen LogP) is 3.51. The Morgan fingerprint density at radius 1 is 0.793 bits per heavy atom. The van der Waals surface area contributed by atoms with Crippen molar-refractivity contribution in [3.8, 4) is 0 Å². The third kappa shape index (κ3) is 16.6. The summed E-state index contributed by atoms with van der Waals surface area (Å²) in [7, 11) is 4.25. The zero-order valence-electron chi connectivity index (χ0n) is 19.1. The monoisotopic (exact) mass is 469 g/mol. The fourth-order valence-corrected chi connectivity index (χ4v) is 3.59. The van der Waals surface area contributed by atoms with Crippen molar-refractivity contribution < 1.29 is 31.0 Å². The third-order valence-electron chi connectivity index (χ3n) is 5.42. The molecule has 0 atom stereocenters. The second kappa shape index (κ2) is 17.9. The number of unbranched alkanes of at least 4 members (excludes halogenated alkanes) is 11. The molecule has 29 heavy (non-hydrogen) atoms. The van der Waals surface area contributed by atoms with Gasteiger partial charge in [0.2, 0.25) is 0 Å². The Morgan fingerprint density at radius 2 is 1.28 bits per heavy atom. The summed E-state index contributed by atoms with van der Waals surface area (Å²) < 4.78 is 6.14. The highest BCUT2D eigenvalue weighted by Gasteiger charge is 2.20. The molecule has 0 spiro atoms. The van der Waals surface area contributed by atoms with Gasteiger partial charge in [0.15, 0.2) is 6.54 Å². The summed E-state index contributed by atoms with van der Waals surface area (Å²) in [6.07, 6.45) is 16.4. The molecule has 0 aliphatic rings. The van der Waals surface area contributed by atoms with Gasteiger partial charge >= 0.3 is 5.97 Å². The molecule has 0 aliphatic carbocycles. The number of quaternary nitrogens is 1. The number of halogens is 1. The quantitative estimate of drug-likeness (QED) is 0.198. The van der Waals surface area contributed by atoms with Gasteiger partial charge in [0.1, 0.15) is 6.61 Å². The first kappa shape index (κ1) is 28.1. The molecular formula is C25H44BrNO2. The summed E-state index contributed by atoms with van der Waals surface area (Å²) in [6, 6.07) is 9.88. The van der Waals surface area contributed by atoms with Gasteiger partial charge in [-0.2, -0.15) is 0 Å². The van der Waals surface area contributed by atoms with Crippen molar-refractivity contribution in [2.45, 2.75) is 90.6 Å². The molecule has 1 rings (SSSR count). The highest BCUT2D eigenvalue weighted by atomic mass is 79.9. The topological polar surface area (TPSA) is 26.3 Å². The molecule has 0 N–H and O–H groups in total. The van der Waals surface area contributed by atoms with Crippen molar-refractivity contribution in [1.29, 1.82) is 0 Å². The Morgan fingerprint density at radius 3 is 1.79 bits per heavy atom. The van der Waals surface area contributed by atoms with E-state index < -0.39 is 0 Å². The summed E-state index contributed by atoms with van der Waals surface area (Å²) in [5.41, 5.74) is 1.04. The van der Waals surface area contributed by atoms with Crippen molar-refractivity contribution in [2.75, 3.05) is 27.2 Å². The van der Waals surface area contributed by atoms with Crippen molar-refractivity contribution in [3.05, 3.63) is 35.9 Å². The van der Waals surface area contributed by atoms with E-state index in [1.54, 1.807) is 0 Å². The normalized spacial score (nSPS) is 11.1. The number of carbonyl (C=O) groups is 1. The molecule has 0 saturated carbocycles. The largest absolute Gasteiger partial charge is 1.00 e. The molecule has 0 bridgehead atoms. The van der Waals surface area contributed by atoms with Gasteiger partial charge in [-0.1, -0.05) is 101 Å². The van der Waals surface area contributed by atoms with Crippen LogP contribution in [0.1, 0.15) is 89.5 Å². The molecule has 3 nitrogen and oxygen atoms in total. The first-order chi connectivity index (χ1) is 13.5. The summed E-state index contributed by atoms with van der Waals surface area (Å²) in [6.45, 7) is 4.14. The summed E-state index contributed by atoms with van der Waals surface area (Å²) in [4.78, 5) is 12.1. The van der Waals surface area contributed by atoms with Crippen LogP contribution >= 0.6 is 0 Å². The first-order valence-corrected chi connectivity index (χ1v) is 11.5. The van der Waals surface area contributed by atoms with Gasteiger partial charge in [0.25, 0.3) is 0 Å². The van der Waals surface area contributed by atoms with E-state index in [0.717, 1.165) is 12.1 Å². The standard InChI is InChI=1S/C25H44NO2.BrH/c1-4-5-6-7-8-9-10-11-12-13-14-18-21-26(2,3)22-25(27)28-23-24-19-16-15-17-20-24;/h15-17,19-20H,4-14,18,21-23H2,1-3H3;1H/q+1;/p-1. The van der Waals surface area contributed by atoms with Crippen LogP contribution in [0.15, 0.2) is 30.3 Å². The Labute approximate surface area is 190 Å². The van der Waals surface area contributed by atoms with Crippen LogP contribution in [0.5, 0.6) is 0 Å². The van der Waals surface area contributed by atoms with Crippen molar-refractivity contribution in [1.82, 2.24) is 0 Å². The molecule has 0 aromatic heterocycles. The van der Waals surface area contributed by atoms with Crippen molar-refractivity contribution in [3.63, 3.8) is 0 Å². The molecule has 168 valence electrons. The fourth-order valence-electron chi connectivity index (χ4n) is 3.59. The van der Waals surface area contributed by atoms with Crippen LogP contribution in [0.25, 0.3) is 0 Å². The third-order valence-corrected chi connectivity index (χ3v) is 5.42. The van der Waals surface area contributed by atoms with Crippen LogP contribution in [-0.2, 0) is 16.1 Å². The molecule has 0 saturated heterocycles. The van der Waals surface area contributed by atoms with E-state index in [1.165, 1.54) is 77.0 Å². The summed E-state index contributed by atoms with van der Waals surface area (Å²) in [5.74, 6) is -0.104. The fraction of sp³-hybridized carbons (Fsp3) is 0.720. The highest BCUT2D eigenvalue weighted by molar-refractivity contribution is 5.70. The maximum absolute atomic E-state index is 12.1. The molecular weight excluding hydrogens is 426 g/mol. The van der Waals surface area contributed by atoms with Gasteiger partial charge in [0.05, 0.1) is 20.6 Å². The van der Waals surface area contributed by atoms with E-state index in [1.807, 2.05) is 30.3 Å². The Hall–Kier alpha value is -0.870. The minimum Gasteiger partial charge on any atom is -1.00 e. The maximum atomic E-state index is 12.1. The van der Waals surface area contributed by atoms with Gasteiger partial charge < -0.3 is 26.2 Å². The van der Waals surface area contributed by atoms with E-state index in [4.69, 9.17) is 4.74 Å². The molecule has 1 aromatic carbocycles. The van der Waals surface area contributed by atoms with E-state index >= 15 is 0 Å². The Balaban J connectivity index is 0.00000784. The van der Waals surface area contributed by atoms with Crippen molar-refractivity contribution in [2.24, 2.45) is 0 Å². The number of rotatable bonds is 17. The molecule has 0 unspecified atom stereocenters. The molecule has 4 heteroatoms. The van der Waals surface area contributed by atoms with Crippen LogP contribution in [0, 0.1) is 0 Å². The van der Waals surface area contributed by atoms with Crippen LogP contribution in [-0.4, -0.2) is 37.6 Å². The molecule has 0 amide bonds. The Kier molecular flexibility index (Phi) is 17.4. The van der Waals surface area contributed by atoms with Gasteiger partial charge in [-0.25, -0.2) is 4.79 Å². The van der Waals surface area contributed by atoms with Crippen LogP contribution in [0.4, 0.5) is 0 Å². The Bertz CT molecular complexity index is 505. The van der Waals surface area contributed by atoms with Crippen molar-refractivity contribution >= 4 is 5.97 Å². The SMILES string of the molecule is CCCCCCCCCCCCCC[N+](C)(C)CC(=O)OCc1ccccc1.[Br-]. The number of carbonyl (C=O) groups excluding carboxylic acids is 1. The highest BCUT2D eigenvalue weighted by Crippen LogP contribution is 2.13. The van der Waals surface area contributed by atoms with E-state index in [2.05, 4.69) is 21.0 Å². The number of likely N-dealkylation sites (N-methyl/N-ethyl adjacent to an activating group) is 1. The minimum atomic E-state index is -0.104. The number of benzene rings is 1. The van der Waals surface area contributed by atoms with Crippen LogP contribution < -0.4 is 17.0 Å². The average molecular weight is 471 g/mol. The van der Waals surface area contributed by atoms with E-state index in [0.29, 0.717) is 17.6 Å². The number of esters is 1. The zero-order chi connectivity index (χ0) is 20.5. The predicted molar refractivity (Wildman–Crippen MR) is 119 cm³/mol. The van der Waals surface area contributed by atoms with Gasteiger partial charge in [-0.15, -0.1) is 0 Å². The average Bonchev–Trinajstić information content (AvgIpc) is 2.67. The number of hydrogen-bond donors (Lipinski definition) is 0. The van der Waals surface area contributed by atoms with E-state index in [9.17, 15) is 4.79 Å². The lowest BCUT2D eigenvalue weighted by molar-refractivity contribution is -0.883. The summed E-state index contributed by atoms with van der Waals surface area (Å²) >= 11 is 0. The number of nitrogens with zero attached hydrogens (tertiary/aromatic N) is 1. The molecule has 1 aromatic rings. The van der Waals surface area contributed by atoms with Gasteiger partial charge in [0, 0.05) is 0 Å². The van der Waals surface area contributed by atoms with Gasteiger partial charge in [-0.3, -0.25) is 0 Å². The van der Waals surface area contributed by atoms with Crippen LogP contribution in [0.3, 0.4) is 0 Å². The zero-order valence-corrected chi connectivity index (χ0v) is 20.7. The lowest BCUT2D eigenvalue weighted by Crippen LogP contribution is -3.00. The van der Waals surface area contributed by atoms with Gasteiger partial charge in [-0.05, 0) is 18.4 Å². The second-order valence-corrected chi connectivity index (χ2v) is 8.85. The summed E-state index contributed by atoms with van der Waals surface area (Å²) in [5, 5.41) is 0. The minimum absolute atomic E-state index is 0. The maximum Gasteiger partial charge on any atom is 0.362 e. The van der Waals surface area contributed by atoms with E-state index in [-0.39, 0.29) is 23.0 Å². The lowest BCUT2D eigenvalue weighted by atomic mass is 10.1. The molecule has 0 fully saturated rings. The number of ether oxygens (including phenoxy) is 1. The molecule has 0 heterocycles. The lowest BCUT2D eigenvalue weighted by Gasteiger charge is -2.28. The first-order valence-electron chi connectivity index (χ1n) is 11.5. The smallest absolute Gasteiger partial charge is 0.362 e.